The molecule has 3 rings (SSSR count). The molecule has 24 heavy (non-hydrogen) atoms. The Morgan fingerprint density at radius 2 is 2.12 bits per heavy atom. The van der Waals surface area contributed by atoms with E-state index in [1.807, 2.05) is 0 Å². The molecule has 1 aliphatic rings. The Hall–Kier alpha value is -2.13. The molecule has 10 heteroatoms. The number of halogens is 1. The predicted molar refractivity (Wildman–Crippen MR) is 87.2 cm³/mol. The molecule has 1 N–H and O–H groups in total. The van der Waals surface area contributed by atoms with E-state index in [9.17, 15) is 14.4 Å². The van der Waals surface area contributed by atoms with E-state index in [2.05, 4.69) is 10.3 Å². The molecule has 2 aromatic heterocycles. The Labute approximate surface area is 141 Å². The molecule has 0 spiro atoms. The lowest BCUT2D eigenvalue weighted by Gasteiger charge is -2.11. The minimum absolute atomic E-state index is 0.0180. The molecular formula is C14H18ClN5O4. The van der Waals surface area contributed by atoms with Crippen LogP contribution in [0.5, 0.6) is 0 Å². The average Bonchev–Trinajstić information content (AvgIpc) is 3.18. The summed E-state index contributed by atoms with van der Waals surface area (Å²) in [4.78, 5) is 40.5. The van der Waals surface area contributed by atoms with Crippen molar-refractivity contribution in [3.8, 4) is 0 Å². The number of rotatable bonds is 4. The zero-order valence-corrected chi connectivity index (χ0v) is 14.2. The summed E-state index contributed by atoms with van der Waals surface area (Å²) in [5.74, 6) is -0.303. The number of carbonyl (C=O) groups excluding carboxylic acids is 1. The summed E-state index contributed by atoms with van der Waals surface area (Å²) < 4.78 is 8.94. The van der Waals surface area contributed by atoms with Gasteiger partial charge in [0.2, 0.25) is 11.2 Å². The molecular weight excluding hydrogens is 338 g/mol. The van der Waals surface area contributed by atoms with E-state index >= 15 is 0 Å². The van der Waals surface area contributed by atoms with Gasteiger partial charge in [0.15, 0.2) is 11.2 Å². The largest absolute Gasteiger partial charge is 0.376 e. The number of aromatic nitrogens is 4. The van der Waals surface area contributed by atoms with Gasteiger partial charge in [-0.15, -0.1) is 0 Å². The number of hydrogen-bond donors (Lipinski definition) is 1. The van der Waals surface area contributed by atoms with Crippen molar-refractivity contribution in [3.63, 3.8) is 0 Å². The van der Waals surface area contributed by atoms with Crippen LogP contribution >= 0.6 is 11.6 Å². The Bertz CT molecular complexity index is 906. The van der Waals surface area contributed by atoms with Gasteiger partial charge < -0.3 is 10.1 Å². The van der Waals surface area contributed by atoms with Crippen molar-refractivity contribution in [1.29, 1.82) is 0 Å². The van der Waals surface area contributed by atoms with E-state index in [4.69, 9.17) is 16.3 Å². The average molecular weight is 356 g/mol. The summed E-state index contributed by atoms with van der Waals surface area (Å²) >= 11 is 6.07. The first kappa shape index (κ1) is 16.7. The van der Waals surface area contributed by atoms with Gasteiger partial charge in [0.1, 0.15) is 6.54 Å². The zero-order valence-electron chi connectivity index (χ0n) is 13.4. The third kappa shape index (κ3) is 2.84. The Morgan fingerprint density at radius 1 is 1.38 bits per heavy atom. The van der Waals surface area contributed by atoms with E-state index < -0.39 is 11.2 Å². The minimum Gasteiger partial charge on any atom is -0.376 e. The predicted octanol–water partition coefficient (Wildman–Crippen LogP) is -0.618. The summed E-state index contributed by atoms with van der Waals surface area (Å²) in [5, 5.41) is 2.75. The van der Waals surface area contributed by atoms with Crippen LogP contribution in [0.3, 0.4) is 0 Å². The van der Waals surface area contributed by atoms with E-state index in [1.165, 1.54) is 23.2 Å². The Morgan fingerprint density at radius 3 is 2.79 bits per heavy atom. The lowest BCUT2D eigenvalue weighted by atomic mass is 10.2. The molecule has 0 saturated carbocycles. The van der Waals surface area contributed by atoms with Crippen molar-refractivity contribution in [2.24, 2.45) is 14.1 Å². The number of imidazole rings is 1. The van der Waals surface area contributed by atoms with Gasteiger partial charge in [-0.05, 0) is 24.4 Å². The monoisotopic (exact) mass is 355 g/mol. The number of nitrogens with zero attached hydrogens (tertiary/aromatic N) is 4. The highest BCUT2D eigenvalue weighted by atomic mass is 35.5. The van der Waals surface area contributed by atoms with Gasteiger partial charge in [0, 0.05) is 27.2 Å². The number of carbonyl (C=O) groups is 1. The molecule has 9 nitrogen and oxygen atoms in total. The van der Waals surface area contributed by atoms with Crippen LogP contribution in [0.2, 0.25) is 5.28 Å². The van der Waals surface area contributed by atoms with Crippen molar-refractivity contribution in [1.82, 2.24) is 24.0 Å². The molecule has 0 unspecified atom stereocenters. The van der Waals surface area contributed by atoms with Crippen LogP contribution in [-0.4, -0.2) is 43.8 Å². The quantitative estimate of drug-likeness (QED) is 0.737. The van der Waals surface area contributed by atoms with Crippen molar-refractivity contribution >= 4 is 28.7 Å². The molecule has 0 aliphatic carbocycles. The highest BCUT2D eigenvalue weighted by Gasteiger charge is 2.21. The van der Waals surface area contributed by atoms with Crippen molar-refractivity contribution in [2.45, 2.75) is 25.5 Å². The van der Waals surface area contributed by atoms with Gasteiger partial charge in [-0.1, -0.05) is 0 Å². The number of hydrogen-bond acceptors (Lipinski definition) is 5. The van der Waals surface area contributed by atoms with Gasteiger partial charge in [-0.2, -0.15) is 4.98 Å². The summed E-state index contributed by atoms with van der Waals surface area (Å²) in [7, 11) is 2.86. The summed E-state index contributed by atoms with van der Waals surface area (Å²) in [6.07, 6.45) is 1.93. The smallest absolute Gasteiger partial charge is 0.332 e. The lowest BCUT2D eigenvalue weighted by Crippen LogP contribution is -2.38. The topological polar surface area (TPSA) is 100 Å². The normalized spacial score (nSPS) is 17.5. The molecule has 2 aromatic rings. The van der Waals surface area contributed by atoms with E-state index in [0.717, 1.165) is 17.4 Å². The maximum atomic E-state index is 12.4. The van der Waals surface area contributed by atoms with Crippen LogP contribution in [0.4, 0.5) is 0 Å². The molecule has 0 bridgehead atoms. The van der Waals surface area contributed by atoms with Crippen LogP contribution in [0.1, 0.15) is 12.8 Å². The molecule has 1 aliphatic heterocycles. The number of fused-ring (bicyclic) bond motifs is 1. The molecule has 1 amide bonds. The fourth-order valence-electron chi connectivity index (χ4n) is 2.80. The first-order chi connectivity index (χ1) is 11.4. The van der Waals surface area contributed by atoms with Gasteiger partial charge in [-0.25, -0.2) is 4.79 Å². The maximum Gasteiger partial charge on any atom is 0.332 e. The van der Waals surface area contributed by atoms with Gasteiger partial charge >= 0.3 is 5.69 Å². The van der Waals surface area contributed by atoms with E-state index in [0.29, 0.717) is 13.2 Å². The minimum atomic E-state index is -0.542. The molecule has 1 fully saturated rings. The molecule has 3 heterocycles. The number of amides is 1. The van der Waals surface area contributed by atoms with Gasteiger partial charge in [0.25, 0.3) is 5.56 Å². The standard InChI is InChI=1S/C14H18ClN5O4/c1-18-11-10(12(22)19(2)14(18)23)20(13(15)17-11)7-9(21)16-6-8-4-3-5-24-8/h8H,3-7H2,1-2H3,(H,16,21)/t8-/m1/s1. The van der Waals surface area contributed by atoms with Gasteiger partial charge in [-0.3, -0.25) is 23.3 Å². The molecule has 1 saturated heterocycles. The fraction of sp³-hybridized carbons (Fsp3) is 0.571. The fourth-order valence-corrected chi connectivity index (χ4v) is 3.02. The zero-order chi connectivity index (χ0) is 17.4. The third-order valence-corrected chi connectivity index (χ3v) is 4.44. The van der Waals surface area contributed by atoms with Crippen LogP contribution < -0.4 is 16.6 Å². The number of ether oxygens (including phenoxy) is 1. The van der Waals surface area contributed by atoms with Gasteiger partial charge in [0.05, 0.1) is 6.10 Å². The molecule has 130 valence electrons. The first-order valence-electron chi connectivity index (χ1n) is 7.60. The van der Waals surface area contributed by atoms with Crippen molar-refractivity contribution in [3.05, 3.63) is 26.1 Å². The Kier molecular flexibility index (Phi) is 4.46. The third-order valence-electron chi connectivity index (χ3n) is 4.15. The SMILES string of the molecule is Cn1c(=O)c2c(nc(Cl)n2CC(=O)NC[C@H]2CCCO2)n(C)c1=O. The van der Waals surface area contributed by atoms with Crippen LogP contribution in [0.15, 0.2) is 9.59 Å². The Balaban J connectivity index is 1.89. The number of nitrogens with one attached hydrogen (secondary N) is 1. The second-order valence-corrected chi connectivity index (χ2v) is 6.12. The van der Waals surface area contributed by atoms with E-state index in [1.54, 1.807) is 0 Å². The second kappa shape index (κ2) is 6.40. The highest BCUT2D eigenvalue weighted by molar-refractivity contribution is 6.29. The molecule has 1 atom stereocenters. The van der Waals surface area contributed by atoms with Crippen LogP contribution in [0.25, 0.3) is 11.2 Å². The highest BCUT2D eigenvalue weighted by Crippen LogP contribution is 2.15. The van der Waals surface area contributed by atoms with Crippen LogP contribution in [0, 0.1) is 0 Å². The first-order valence-corrected chi connectivity index (χ1v) is 7.98. The second-order valence-electron chi connectivity index (χ2n) is 5.78. The summed E-state index contributed by atoms with van der Waals surface area (Å²) in [6, 6.07) is 0. The van der Waals surface area contributed by atoms with Crippen molar-refractivity contribution in [2.75, 3.05) is 13.2 Å². The lowest BCUT2D eigenvalue weighted by molar-refractivity contribution is -0.122. The van der Waals surface area contributed by atoms with E-state index in [-0.39, 0.29) is 35.0 Å². The molecule has 0 aromatic carbocycles. The van der Waals surface area contributed by atoms with Crippen molar-refractivity contribution < 1.29 is 9.53 Å². The van der Waals surface area contributed by atoms with Crippen LogP contribution in [-0.2, 0) is 30.2 Å². The summed E-state index contributed by atoms with van der Waals surface area (Å²) in [5.41, 5.74) is -0.770. The number of aryl methyl sites for hydroxylation is 1. The summed E-state index contributed by atoms with van der Waals surface area (Å²) in [6.45, 7) is 0.970. The molecule has 0 radical (unpaired) electrons. The maximum absolute atomic E-state index is 12.4.